The van der Waals surface area contributed by atoms with Crippen molar-refractivity contribution < 1.29 is 14.0 Å². The zero-order valence-electron chi connectivity index (χ0n) is 15.9. The summed E-state index contributed by atoms with van der Waals surface area (Å²) in [6.45, 7) is 2.95. The summed E-state index contributed by atoms with van der Waals surface area (Å²) in [6.07, 6.45) is 0. The van der Waals surface area contributed by atoms with E-state index in [4.69, 9.17) is 0 Å². The average molecular weight is 394 g/mol. The molecule has 3 rings (SSSR count). The molecule has 1 heterocycles. The molecular formula is C21H19FN4O3. The number of nitrogens with zero attached hydrogens (tertiary/aromatic N) is 2. The first kappa shape index (κ1) is 19.9. The van der Waals surface area contributed by atoms with Gasteiger partial charge in [-0.25, -0.2) is 9.07 Å². The predicted molar refractivity (Wildman–Crippen MR) is 108 cm³/mol. The lowest BCUT2D eigenvalue weighted by atomic mass is 10.1. The van der Waals surface area contributed by atoms with E-state index >= 15 is 0 Å². The maximum absolute atomic E-state index is 13.2. The van der Waals surface area contributed by atoms with Crippen LogP contribution in [-0.4, -0.2) is 21.6 Å². The van der Waals surface area contributed by atoms with Crippen molar-refractivity contribution in [2.75, 3.05) is 10.6 Å². The number of aryl methyl sites for hydroxylation is 1. The Labute approximate surface area is 166 Å². The van der Waals surface area contributed by atoms with Gasteiger partial charge in [-0.3, -0.25) is 14.4 Å². The molecule has 2 aromatic carbocycles. The molecule has 0 aliphatic rings. The lowest BCUT2D eigenvalue weighted by molar-refractivity contribution is -0.117. The average Bonchev–Trinajstić information content (AvgIpc) is 2.65. The third-order valence-corrected chi connectivity index (χ3v) is 4.11. The number of nitrogens with one attached hydrogen (secondary N) is 2. The highest BCUT2D eigenvalue weighted by Gasteiger charge is 2.10. The molecular weight excluding hydrogens is 375 g/mol. The molecule has 0 radical (unpaired) electrons. The Hall–Kier alpha value is -3.81. The van der Waals surface area contributed by atoms with E-state index in [1.165, 1.54) is 31.2 Å². The minimum atomic E-state index is -0.509. The Kier molecular flexibility index (Phi) is 5.82. The van der Waals surface area contributed by atoms with Gasteiger partial charge in [0.05, 0.1) is 5.69 Å². The maximum Gasteiger partial charge on any atom is 0.267 e. The number of hydrogen-bond acceptors (Lipinski definition) is 4. The number of carbonyl (C=O) groups is 2. The topological polar surface area (TPSA) is 93.1 Å². The Morgan fingerprint density at radius 2 is 1.86 bits per heavy atom. The van der Waals surface area contributed by atoms with Gasteiger partial charge >= 0.3 is 0 Å². The van der Waals surface area contributed by atoms with Crippen LogP contribution in [0.25, 0.3) is 11.3 Å². The summed E-state index contributed by atoms with van der Waals surface area (Å²) in [5.74, 6) is -1.18. The number of carbonyl (C=O) groups excluding carboxylic acids is 2. The quantitative estimate of drug-likeness (QED) is 0.696. The van der Waals surface area contributed by atoms with Gasteiger partial charge in [0.2, 0.25) is 11.8 Å². The number of anilines is 2. The van der Waals surface area contributed by atoms with E-state index in [0.717, 1.165) is 10.2 Å². The Morgan fingerprint density at radius 1 is 1.07 bits per heavy atom. The molecule has 148 valence electrons. The molecule has 2 N–H and O–H groups in total. The Bertz CT molecular complexity index is 1140. The molecule has 0 bridgehead atoms. The zero-order valence-corrected chi connectivity index (χ0v) is 15.9. The van der Waals surface area contributed by atoms with Crippen molar-refractivity contribution >= 4 is 23.2 Å². The molecule has 0 atom stereocenters. The predicted octanol–water partition coefficient (Wildman–Crippen LogP) is 2.95. The van der Waals surface area contributed by atoms with Crippen molar-refractivity contribution in [2.45, 2.75) is 20.4 Å². The van der Waals surface area contributed by atoms with E-state index in [-0.39, 0.29) is 18.1 Å². The molecule has 29 heavy (non-hydrogen) atoms. The van der Waals surface area contributed by atoms with Crippen LogP contribution in [0.5, 0.6) is 0 Å². The first-order valence-corrected chi connectivity index (χ1v) is 8.84. The van der Waals surface area contributed by atoms with Crippen LogP contribution in [0.1, 0.15) is 12.5 Å². The van der Waals surface area contributed by atoms with Crippen LogP contribution in [0, 0.1) is 12.7 Å². The Balaban J connectivity index is 1.84. The van der Waals surface area contributed by atoms with Crippen LogP contribution in [0.3, 0.4) is 0 Å². The van der Waals surface area contributed by atoms with Crippen LogP contribution in [0.15, 0.2) is 59.4 Å². The second-order valence-electron chi connectivity index (χ2n) is 6.48. The summed E-state index contributed by atoms with van der Waals surface area (Å²) >= 11 is 0. The van der Waals surface area contributed by atoms with Crippen LogP contribution in [-0.2, 0) is 16.1 Å². The van der Waals surface area contributed by atoms with Crippen molar-refractivity contribution in [3.8, 4) is 11.3 Å². The summed E-state index contributed by atoms with van der Waals surface area (Å²) in [4.78, 5) is 35.7. The van der Waals surface area contributed by atoms with Gasteiger partial charge in [0.25, 0.3) is 5.56 Å². The summed E-state index contributed by atoms with van der Waals surface area (Å²) in [5.41, 5.74) is 2.51. The summed E-state index contributed by atoms with van der Waals surface area (Å²) in [6, 6.07) is 13.7. The Morgan fingerprint density at radius 3 is 2.59 bits per heavy atom. The number of halogens is 1. The molecule has 1 aromatic heterocycles. The van der Waals surface area contributed by atoms with Crippen molar-refractivity contribution in [1.82, 2.24) is 9.78 Å². The molecule has 3 aromatic rings. The van der Waals surface area contributed by atoms with Gasteiger partial charge in [-0.15, -0.1) is 0 Å². The fraction of sp³-hybridized carbons (Fsp3) is 0.143. The van der Waals surface area contributed by atoms with Crippen LogP contribution >= 0.6 is 0 Å². The molecule has 0 spiro atoms. The monoisotopic (exact) mass is 394 g/mol. The van der Waals surface area contributed by atoms with E-state index in [1.54, 1.807) is 18.2 Å². The smallest absolute Gasteiger partial charge is 0.267 e. The van der Waals surface area contributed by atoms with Crippen molar-refractivity contribution in [2.24, 2.45) is 0 Å². The third-order valence-electron chi connectivity index (χ3n) is 4.11. The van der Waals surface area contributed by atoms with Crippen LogP contribution in [0.2, 0.25) is 0 Å². The molecule has 0 aliphatic heterocycles. The fourth-order valence-electron chi connectivity index (χ4n) is 2.72. The SMILES string of the molecule is CC(=O)Nc1cc(-c2ccc(=O)n(CC(=O)Nc3cccc(F)c3)n2)ccc1C. The molecule has 0 saturated heterocycles. The van der Waals surface area contributed by atoms with E-state index in [0.29, 0.717) is 16.9 Å². The number of hydrogen-bond donors (Lipinski definition) is 2. The number of amides is 2. The first-order valence-electron chi connectivity index (χ1n) is 8.84. The summed E-state index contributed by atoms with van der Waals surface area (Å²) in [5, 5.41) is 9.52. The fourth-order valence-corrected chi connectivity index (χ4v) is 2.72. The van der Waals surface area contributed by atoms with Crippen molar-refractivity contribution in [1.29, 1.82) is 0 Å². The number of rotatable bonds is 5. The van der Waals surface area contributed by atoms with Gasteiger partial charge in [0, 0.05) is 29.9 Å². The zero-order chi connectivity index (χ0) is 21.0. The molecule has 7 nitrogen and oxygen atoms in total. The van der Waals surface area contributed by atoms with Crippen molar-refractivity contribution in [3.05, 3.63) is 76.3 Å². The molecule has 2 amide bonds. The van der Waals surface area contributed by atoms with Gasteiger partial charge in [-0.1, -0.05) is 18.2 Å². The summed E-state index contributed by atoms with van der Waals surface area (Å²) < 4.78 is 14.3. The van der Waals surface area contributed by atoms with E-state index in [9.17, 15) is 18.8 Å². The standard InChI is InChI=1S/C21H19FN4O3/c1-13-6-7-15(10-19(13)23-14(2)27)18-8-9-21(29)26(25-18)12-20(28)24-17-5-3-4-16(22)11-17/h3-11H,12H2,1-2H3,(H,23,27)(H,24,28). The van der Waals surface area contributed by atoms with E-state index in [2.05, 4.69) is 15.7 Å². The van der Waals surface area contributed by atoms with E-state index < -0.39 is 17.3 Å². The normalized spacial score (nSPS) is 10.4. The molecule has 0 saturated carbocycles. The van der Waals surface area contributed by atoms with Crippen molar-refractivity contribution in [3.63, 3.8) is 0 Å². The van der Waals surface area contributed by atoms with Gasteiger partial charge in [0.15, 0.2) is 0 Å². The second-order valence-corrected chi connectivity index (χ2v) is 6.48. The van der Waals surface area contributed by atoms with Gasteiger partial charge < -0.3 is 10.6 Å². The first-order chi connectivity index (χ1) is 13.8. The number of aromatic nitrogens is 2. The highest BCUT2D eigenvalue weighted by Crippen LogP contribution is 2.23. The molecule has 0 aliphatic carbocycles. The largest absolute Gasteiger partial charge is 0.326 e. The second kappa shape index (κ2) is 8.47. The minimum Gasteiger partial charge on any atom is -0.326 e. The molecule has 8 heteroatoms. The van der Waals surface area contributed by atoms with Gasteiger partial charge in [-0.05, 0) is 42.8 Å². The lowest BCUT2D eigenvalue weighted by Crippen LogP contribution is -2.29. The highest BCUT2D eigenvalue weighted by atomic mass is 19.1. The maximum atomic E-state index is 13.2. The van der Waals surface area contributed by atoms with E-state index in [1.807, 2.05) is 19.1 Å². The molecule has 0 unspecified atom stereocenters. The van der Waals surface area contributed by atoms with Crippen LogP contribution in [0.4, 0.5) is 15.8 Å². The van der Waals surface area contributed by atoms with Gasteiger partial charge in [0.1, 0.15) is 12.4 Å². The number of benzene rings is 2. The highest BCUT2D eigenvalue weighted by molar-refractivity contribution is 5.91. The minimum absolute atomic E-state index is 0.197. The lowest BCUT2D eigenvalue weighted by Gasteiger charge is -2.11. The molecule has 0 fully saturated rings. The van der Waals surface area contributed by atoms with Gasteiger partial charge in [-0.2, -0.15) is 5.10 Å². The third kappa shape index (κ3) is 5.13. The van der Waals surface area contributed by atoms with Crippen LogP contribution < -0.4 is 16.2 Å². The summed E-state index contributed by atoms with van der Waals surface area (Å²) in [7, 11) is 0.